The molecule has 1 aromatic carbocycles. The lowest BCUT2D eigenvalue weighted by Gasteiger charge is -2.45. The van der Waals surface area contributed by atoms with E-state index in [4.69, 9.17) is 0 Å². The summed E-state index contributed by atoms with van der Waals surface area (Å²) in [5.41, 5.74) is 2.51. The van der Waals surface area contributed by atoms with Crippen molar-refractivity contribution < 1.29 is 18.7 Å². The standard InChI is InChI=1S/C30H45N5O3.3H2/c1-20(31-2)28(36)33-27(22-11-4-3-5-12-22)30(38)35-18-23-14-9-17-34(23)19-26(35)29(37)32-25-16-8-13-21-10-6-7-15-24(21)25;;;/h6-7,10,15,20,22-23,25-27,31H,3-5,8-9,11-14,16-19H2,1-2H3,(H,32,37)(H,33,36);3*1H/t20-,23+,25+,26-,27-;;;/m0.../s1. The Morgan fingerprint density at radius 2 is 1.76 bits per heavy atom. The van der Waals surface area contributed by atoms with E-state index in [0.29, 0.717) is 13.1 Å². The highest BCUT2D eigenvalue weighted by atomic mass is 16.2. The van der Waals surface area contributed by atoms with Gasteiger partial charge in [0.1, 0.15) is 12.1 Å². The number of carbonyl (C=O) groups is 3. The first-order valence-corrected chi connectivity index (χ1v) is 14.9. The summed E-state index contributed by atoms with van der Waals surface area (Å²) >= 11 is 0. The van der Waals surface area contributed by atoms with Gasteiger partial charge in [0.2, 0.25) is 17.7 Å². The fourth-order valence-electron chi connectivity index (χ4n) is 7.09. The van der Waals surface area contributed by atoms with Gasteiger partial charge in [-0.25, -0.2) is 0 Å². The molecular formula is C30H51N5O3. The minimum Gasteiger partial charge on any atom is -0.347 e. The molecule has 2 aliphatic heterocycles. The van der Waals surface area contributed by atoms with Gasteiger partial charge in [0.25, 0.3) is 0 Å². The Hall–Kier alpha value is -2.45. The third kappa shape index (κ3) is 5.76. The molecule has 1 aromatic rings. The average molecular weight is 530 g/mol. The molecule has 0 bridgehead atoms. The van der Waals surface area contributed by atoms with Crippen LogP contribution in [0.15, 0.2) is 24.3 Å². The third-order valence-corrected chi connectivity index (χ3v) is 9.47. The van der Waals surface area contributed by atoms with Crippen molar-refractivity contribution in [3.63, 3.8) is 0 Å². The number of carbonyl (C=O) groups excluding carboxylic acids is 3. The number of hydrogen-bond donors (Lipinski definition) is 3. The van der Waals surface area contributed by atoms with Crippen LogP contribution < -0.4 is 16.0 Å². The maximum atomic E-state index is 14.3. The van der Waals surface area contributed by atoms with E-state index in [-0.39, 0.29) is 46.0 Å². The van der Waals surface area contributed by atoms with Gasteiger partial charge in [-0.05, 0) is 82.5 Å². The number of nitrogens with zero attached hydrogens (tertiary/aromatic N) is 2. The van der Waals surface area contributed by atoms with Crippen LogP contribution in [-0.2, 0) is 20.8 Å². The Morgan fingerprint density at radius 3 is 2.55 bits per heavy atom. The molecule has 8 nitrogen and oxygen atoms in total. The van der Waals surface area contributed by atoms with Crippen LogP contribution in [0.3, 0.4) is 0 Å². The van der Waals surface area contributed by atoms with Gasteiger partial charge in [-0.2, -0.15) is 0 Å². The minimum atomic E-state index is -0.586. The number of piperazine rings is 1. The van der Waals surface area contributed by atoms with Gasteiger partial charge in [-0.3, -0.25) is 19.3 Å². The van der Waals surface area contributed by atoms with Crippen molar-refractivity contribution in [2.45, 2.75) is 101 Å². The summed E-state index contributed by atoms with van der Waals surface area (Å²) in [6, 6.07) is 7.13. The molecule has 2 aliphatic carbocycles. The van der Waals surface area contributed by atoms with Crippen molar-refractivity contribution in [2.24, 2.45) is 5.92 Å². The van der Waals surface area contributed by atoms with E-state index in [2.05, 4.69) is 39.0 Å². The van der Waals surface area contributed by atoms with Gasteiger partial charge in [0.15, 0.2) is 0 Å². The molecule has 3 amide bonds. The maximum Gasteiger partial charge on any atom is 0.246 e. The smallest absolute Gasteiger partial charge is 0.246 e. The number of fused-ring (bicyclic) bond motifs is 2. The van der Waals surface area contributed by atoms with Crippen molar-refractivity contribution in [3.05, 3.63) is 35.4 Å². The molecule has 2 heterocycles. The van der Waals surface area contributed by atoms with E-state index < -0.39 is 12.1 Å². The lowest BCUT2D eigenvalue weighted by atomic mass is 9.82. The molecule has 2 saturated heterocycles. The van der Waals surface area contributed by atoms with Crippen molar-refractivity contribution in [1.82, 2.24) is 25.8 Å². The SMILES string of the molecule is CN[C@@H](C)C(=O)N[C@H](C(=O)N1C[C@H]2CCCN2C[C@H]1C(=O)N[C@@H]1CCCc2ccccc21)C1CCCCC1.[HH].[HH].[HH]. The second kappa shape index (κ2) is 12.2. The zero-order valence-electron chi connectivity index (χ0n) is 23.1. The van der Waals surface area contributed by atoms with E-state index in [9.17, 15) is 14.4 Å². The number of hydrogen-bond acceptors (Lipinski definition) is 5. The van der Waals surface area contributed by atoms with Crippen LogP contribution >= 0.6 is 0 Å². The van der Waals surface area contributed by atoms with Gasteiger partial charge < -0.3 is 20.9 Å². The highest BCUT2D eigenvalue weighted by molar-refractivity contribution is 5.93. The first-order valence-electron chi connectivity index (χ1n) is 14.9. The molecule has 38 heavy (non-hydrogen) atoms. The molecule has 0 spiro atoms. The minimum absolute atomic E-state index is 0. The average Bonchev–Trinajstić information content (AvgIpc) is 3.42. The third-order valence-electron chi connectivity index (χ3n) is 9.47. The zero-order valence-corrected chi connectivity index (χ0v) is 23.1. The Bertz CT molecular complexity index is 1020. The normalized spacial score (nSPS) is 27.6. The highest BCUT2D eigenvalue weighted by Gasteiger charge is 2.45. The Kier molecular flexibility index (Phi) is 8.68. The molecule has 0 aromatic heterocycles. The first kappa shape index (κ1) is 27.1. The van der Waals surface area contributed by atoms with E-state index in [1.54, 1.807) is 7.05 Å². The molecule has 214 valence electrons. The zero-order chi connectivity index (χ0) is 26.6. The van der Waals surface area contributed by atoms with E-state index in [0.717, 1.165) is 64.3 Å². The molecular weight excluding hydrogens is 478 g/mol. The molecule has 3 N–H and O–H groups in total. The summed E-state index contributed by atoms with van der Waals surface area (Å²) in [4.78, 5) is 45.4. The van der Waals surface area contributed by atoms with Crippen LogP contribution in [0.1, 0.15) is 86.2 Å². The Labute approximate surface area is 231 Å². The molecule has 5 rings (SSSR count). The first-order chi connectivity index (χ1) is 18.5. The second-order valence-electron chi connectivity index (χ2n) is 11.8. The lowest BCUT2D eigenvalue weighted by Crippen LogP contribution is -2.66. The molecule has 0 radical (unpaired) electrons. The molecule has 5 atom stereocenters. The quantitative estimate of drug-likeness (QED) is 0.504. The van der Waals surface area contributed by atoms with Crippen LogP contribution in [0.4, 0.5) is 0 Å². The highest BCUT2D eigenvalue weighted by Crippen LogP contribution is 2.32. The van der Waals surface area contributed by atoms with Crippen LogP contribution in [0.25, 0.3) is 0 Å². The van der Waals surface area contributed by atoms with Crippen LogP contribution in [0.5, 0.6) is 0 Å². The maximum absolute atomic E-state index is 14.3. The van der Waals surface area contributed by atoms with Crippen LogP contribution in [0, 0.1) is 5.92 Å². The number of benzene rings is 1. The predicted octanol–water partition coefficient (Wildman–Crippen LogP) is 3.27. The number of likely N-dealkylation sites (N-methyl/N-ethyl adjacent to an activating group) is 1. The molecule has 0 unspecified atom stereocenters. The number of amides is 3. The van der Waals surface area contributed by atoms with Gasteiger partial charge in [-0.15, -0.1) is 0 Å². The Balaban J connectivity index is 0.00000196. The van der Waals surface area contributed by atoms with Gasteiger partial charge in [0.05, 0.1) is 12.1 Å². The van der Waals surface area contributed by atoms with Crippen LogP contribution in [0.2, 0.25) is 0 Å². The lowest BCUT2D eigenvalue weighted by molar-refractivity contribution is -0.149. The fraction of sp³-hybridized carbons (Fsp3) is 0.700. The van der Waals surface area contributed by atoms with E-state index in [1.807, 2.05) is 17.9 Å². The van der Waals surface area contributed by atoms with E-state index >= 15 is 0 Å². The van der Waals surface area contributed by atoms with Crippen molar-refractivity contribution in [1.29, 1.82) is 0 Å². The predicted molar refractivity (Wildman–Crippen MR) is 154 cm³/mol. The van der Waals surface area contributed by atoms with Crippen molar-refractivity contribution in [3.8, 4) is 0 Å². The molecule has 4 aliphatic rings. The summed E-state index contributed by atoms with van der Waals surface area (Å²) in [6.45, 7) is 3.91. The summed E-state index contributed by atoms with van der Waals surface area (Å²) < 4.78 is 0. The van der Waals surface area contributed by atoms with Gasteiger partial charge in [-0.1, -0.05) is 43.5 Å². The Morgan fingerprint density at radius 1 is 0.974 bits per heavy atom. The molecule has 8 heteroatoms. The number of aryl methyl sites for hydroxylation is 1. The topological polar surface area (TPSA) is 93.8 Å². The largest absolute Gasteiger partial charge is 0.347 e. The molecule has 3 fully saturated rings. The summed E-state index contributed by atoms with van der Waals surface area (Å²) in [6.07, 6.45) is 10.3. The van der Waals surface area contributed by atoms with Crippen molar-refractivity contribution >= 4 is 17.7 Å². The fourth-order valence-corrected chi connectivity index (χ4v) is 7.09. The van der Waals surface area contributed by atoms with Crippen LogP contribution in [-0.4, -0.2) is 78.4 Å². The monoisotopic (exact) mass is 529 g/mol. The van der Waals surface area contributed by atoms with E-state index in [1.165, 1.54) is 17.5 Å². The summed E-state index contributed by atoms with van der Waals surface area (Å²) in [5.74, 6) is -0.192. The van der Waals surface area contributed by atoms with Gasteiger partial charge in [0, 0.05) is 23.4 Å². The summed E-state index contributed by atoms with van der Waals surface area (Å²) in [7, 11) is 1.75. The second-order valence-corrected chi connectivity index (χ2v) is 11.8. The number of nitrogens with one attached hydrogen (secondary N) is 3. The van der Waals surface area contributed by atoms with Crippen molar-refractivity contribution in [2.75, 3.05) is 26.7 Å². The summed E-state index contributed by atoms with van der Waals surface area (Å²) in [5, 5.41) is 9.44. The van der Waals surface area contributed by atoms with Gasteiger partial charge >= 0.3 is 0 Å². The number of rotatable bonds is 7. The molecule has 1 saturated carbocycles.